The lowest BCUT2D eigenvalue weighted by Gasteiger charge is -2.13. The molecule has 0 aliphatic heterocycles. The van der Waals surface area contributed by atoms with Gasteiger partial charge in [-0.2, -0.15) is 0 Å². The molecule has 19 heavy (non-hydrogen) atoms. The summed E-state index contributed by atoms with van der Waals surface area (Å²) in [6.45, 7) is 0. The Morgan fingerprint density at radius 1 is 1.32 bits per heavy atom. The summed E-state index contributed by atoms with van der Waals surface area (Å²) in [5.74, 6) is -2.90. The smallest absolute Gasteiger partial charge is 0.326 e. The van der Waals surface area contributed by atoms with Gasteiger partial charge in [0.1, 0.15) is 6.04 Å². The summed E-state index contributed by atoms with van der Waals surface area (Å²) in [5, 5.41) is 11.3. The normalized spacial score (nSPS) is 11.6. The van der Waals surface area contributed by atoms with Gasteiger partial charge in [0.15, 0.2) is 0 Å². The van der Waals surface area contributed by atoms with Crippen LogP contribution >= 0.6 is 11.6 Å². The molecule has 0 saturated carbocycles. The summed E-state index contributed by atoms with van der Waals surface area (Å²) in [5.41, 5.74) is 10.8. The minimum atomic E-state index is -1.40. The van der Waals surface area contributed by atoms with Gasteiger partial charge in [-0.05, 0) is 18.2 Å². The van der Waals surface area contributed by atoms with Crippen LogP contribution in [0, 0.1) is 0 Å². The first-order valence-electron chi connectivity index (χ1n) is 5.17. The van der Waals surface area contributed by atoms with Crippen molar-refractivity contribution < 1.29 is 19.5 Å². The zero-order chi connectivity index (χ0) is 14.6. The minimum Gasteiger partial charge on any atom is -0.480 e. The van der Waals surface area contributed by atoms with E-state index < -0.39 is 30.2 Å². The van der Waals surface area contributed by atoms with E-state index in [1.54, 1.807) is 0 Å². The lowest BCUT2D eigenvalue weighted by Crippen LogP contribution is -2.43. The second kappa shape index (κ2) is 6.05. The third-order valence-electron chi connectivity index (χ3n) is 2.19. The number of nitrogens with two attached hydrogens (primary N) is 2. The maximum Gasteiger partial charge on any atom is 0.326 e. The highest BCUT2D eigenvalue weighted by atomic mass is 35.5. The molecule has 0 radical (unpaired) electrons. The number of hydrogen-bond acceptors (Lipinski definition) is 4. The van der Waals surface area contributed by atoms with Gasteiger partial charge in [-0.25, -0.2) is 4.79 Å². The van der Waals surface area contributed by atoms with Crippen LogP contribution in [-0.2, 0) is 9.59 Å². The van der Waals surface area contributed by atoms with Crippen LogP contribution in [0.3, 0.4) is 0 Å². The molecule has 0 aliphatic carbocycles. The highest BCUT2D eigenvalue weighted by Gasteiger charge is 2.22. The molecular formula is C11H12ClN3O4. The highest BCUT2D eigenvalue weighted by Crippen LogP contribution is 2.16. The van der Waals surface area contributed by atoms with Crippen molar-refractivity contribution >= 4 is 35.1 Å². The fourth-order valence-electron chi connectivity index (χ4n) is 1.39. The minimum absolute atomic E-state index is 0.0979. The Morgan fingerprint density at radius 2 is 1.95 bits per heavy atom. The number of hydrogen-bond donors (Lipinski definition) is 4. The maximum atomic E-state index is 11.8. The van der Waals surface area contributed by atoms with Gasteiger partial charge in [0, 0.05) is 16.3 Å². The summed E-state index contributed by atoms with van der Waals surface area (Å²) in [6.07, 6.45) is -0.503. The zero-order valence-corrected chi connectivity index (χ0v) is 10.5. The number of benzene rings is 1. The van der Waals surface area contributed by atoms with E-state index in [0.29, 0.717) is 0 Å². The SMILES string of the molecule is NC(=O)CC(NC(=O)c1cc(N)cc(Cl)c1)C(=O)O. The van der Waals surface area contributed by atoms with Crippen molar-refractivity contribution in [3.8, 4) is 0 Å². The number of rotatable bonds is 5. The van der Waals surface area contributed by atoms with E-state index in [0.717, 1.165) is 0 Å². The molecule has 0 bridgehead atoms. The highest BCUT2D eigenvalue weighted by molar-refractivity contribution is 6.31. The van der Waals surface area contributed by atoms with Crippen molar-refractivity contribution in [2.24, 2.45) is 5.73 Å². The first-order valence-corrected chi connectivity index (χ1v) is 5.55. The topological polar surface area (TPSA) is 136 Å². The summed E-state index contributed by atoms with van der Waals surface area (Å²) in [6, 6.07) is 2.71. The molecule has 0 fully saturated rings. The van der Waals surface area contributed by atoms with Crippen molar-refractivity contribution in [1.29, 1.82) is 0 Å². The Labute approximate surface area is 113 Å². The quantitative estimate of drug-likeness (QED) is 0.564. The number of anilines is 1. The first-order chi connectivity index (χ1) is 8.79. The number of nitrogen functional groups attached to an aromatic ring is 1. The molecule has 0 heterocycles. The molecular weight excluding hydrogens is 274 g/mol. The van der Waals surface area contributed by atoms with E-state index in [1.165, 1.54) is 18.2 Å². The van der Waals surface area contributed by atoms with Gasteiger partial charge in [0.25, 0.3) is 5.91 Å². The van der Waals surface area contributed by atoms with E-state index >= 15 is 0 Å². The van der Waals surface area contributed by atoms with Crippen LogP contribution in [0.25, 0.3) is 0 Å². The van der Waals surface area contributed by atoms with Crippen LogP contribution in [0.2, 0.25) is 5.02 Å². The Balaban J connectivity index is 2.87. The average Bonchev–Trinajstić information content (AvgIpc) is 2.25. The first kappa shape index (κ1) is 14.8. The lowest BCUT2D eigenvalue weighted by atomic mass is 10.1. The number of halogens is 1. The number of carboxylic acid groups (broad SMARTS) is 1. The number of carbonyl (C=O) groups is 3. The molecule has 0 aromatic heterocycles. The number of aliphatic carboxylic acids is 1. The van der Waals surface area contributed by atoms with Gasteiger partial charge in [0.2, 0.25) is 5.91 Å². The van der Waals surface area contributed by atoms with Crippen molar-refractivity contribution in [2.75, 3.05) is 5.73 Å². The summed E-state index contributed by atoms with van der Waals surface area (Å²) in [7, 11) is 0. The second-order valence-corrected chi connectivity index (χ2v) is 4.24. The zero-order valence-electron chi connectivity index (χ0n) is 9.72. The molecule has 1 aromatic carbocycles. The van der Waals surface area contributed by atoms with E-state index in [2.05, 4.69) is 5.32 Å². The molecule has 0 saturated heterocycles. The van der Waals surface area contributed by atoms with Crippen molar-refractivity contribution in [3.63, 3.8) is 0 Å². The monoisotopic (exact) mass is 285 g/mol. The summed E-state index contributed by atoms with van der Waals surface area (Å²) < 4.78 is 0. The molecule has 0 aliphatic rings. The molecule has 102 valence electrons. The number of amides is 2. The van der Waals surface area contributed by atoms with Gasteiger partial charge in [0.05, 0.1) is 6.42 Å². The average molecular weight is 286 g/mol. The predicted octanol–water partition coefficient (Wildman–Crippen LogP) is -0.0194. The molecule has 1 atom stereocenters. The van der Waals surface area contributed by atoms with E-state index in [4.69, 9.17) is 28.2 Å². The van der Waals surface area contributed by atoms with Crippen LogP contribution in [0.4, 0.5) is 5.69 Å². The second-order valence-electron chi connectivity index (χ2n) is 3.81. The van der Waals surface area contributed by atoms with Gasteiger partial charge in [-0.1, -0.05) is 11.6 Å². The fourth-order valence-corrected chi connectivity index (χ4v) is 1.63. The summed E-state index contributed by atoms with van der Waals surface area (Å²) in [4.78, 5) is 33.4. The number of primary amides is 1. The number of nitrogens with one attached hydrogen (secondary N) is 1. The van der Waals surface area contributed by atoms with E-state index in [9.17, 15) is 14.4 Å². The van der Waals surface area contributed by atoms with Crippen LogP contribution in [-0.4, -0.2) is 28.9 Å². The number of carbonyl (C=O) groups excluding carboxylic acids is 2. The van der Waals surface area contributed by atoms with Gasteiger partial charge in [-0.3, -0.25) is 9.59 Å². The standard InChI is InChI=1S/C11H12ClN3O4/c12-6-1-5(2-7(13)3-6)10(17)15-8(11(18)19)4-9(14)16/h1-3,8H,4,13H2,(H2,14,16)(H,15,17)(H,18,19). The van der Waals surface area contributed by atoms with Crippen LogP contribution in [0.15, 0.2) is 18.2 Å². The third kappa shape index (κ3) is 4.47. The van der Waals surface area contributed by atoms with Crippen LogP contribution in [0.5, 0.6) is 0 Å². The van der Waals surface area contributed by atoms with Crippen molar-refractivity contribution in [1.82, 2.24) is 5.32 Å². The van der Waals surface area contributed by atoms with Crippen molar-refractivity contribution in [2.45, 2.75) is 12.5 Å². The number of carboxylic acids is 1. The van der Waals surface area contributed by atoms with E-state index in [-0.39, 0.29) is 16.3 Å². The molecule has 8 heteroatoms. The molecule has 1 aromatic rings. The fraction of sp³-hybridized carbons (Fsp3) is 0.182. The van der Waals surface area contributed by atoms with Crippen LogP contribution < -0.4 is 16.8 Å². The third-order valence-corrected chi connectivity index (χ3v) is 2.41. The molecule has 6 N–H and O–H groups in total. The van der Waals surface area contributed by atoms with Crippen LogP contribution in [0.1, 0.15) is 16.8 Å². The lowest BCUT2D eigenvalue weighted by molar-refractivity contribution is -0.140. The molecule has 0 spiro atoms. The molecule has 7 nitrogen and oxygen atoms in total. The Kier molecular flexibility index (Phi) is 4.71. The van der Waals surface area contributed by atoms with Crippen molar-refractivity contribution in [3.05, 3.63) is 28.8 Å². The molecule has 1 unspecified atom stereocenters. The Morgan fingerprint density at radius 3 is 2.42 bits per heavy atom. The largest absolute Gasteiger partial charge is 0.480 e. The Bertz CT molecular complexity index is 512. The van der Waals surface area contributed by atoms with E-state index in [1.807, 2.05) is 0 Å². The van der Waals surface area contributed by atoms with Gasteiger partial charge >= 0.3 is 5.97 Å². The Hall–Kier alpha value is -2.28. The molecule has 2 amide bonds. The van der Waals surface area contributed by atoms with Gasteiger partial charge < -0.3 is 21.9 Å². The van der Waals surface area contributed by atoms with Gasteiger partial charge in [-0.15, -0.1) is 0 Å². The summed E-state index contributed by atoms with van der Waals surface area (Å²) >= 11 is 5.73. The maximum absolute atomic E-state index is 11.8. The predicted molar refractivity (Wildman–Crippen MR) is 68.6 cm³/mol. The molecule has 1 rings (SSSR count).